The molecular formula is C17H17F2N3O2. The lowest BCUT2D eigenvalue weighted by Crippen LogP contribution is -2.50. The van der Waals surface area contributed by atoms with Gasteiger partial charge >= 0.3 is 11.8 Å². The first kappa shape index (κ1) is 16.4. The van der Waals surface area contributed by atoms with Crippen LogP contribution in [0.4, 0.5) is 8.78 Å². The van der Waals surface area contributed by atoms with Gasteiger partial charge in [0.15, 0.2) is 0 Å². The number of rotatable bonds is 2. The molecule has 0 radical (unpaired) electrons. The van der Waals surface area contributed by atoms with Gasteiger partial charge in [-0.3, -0.25) is 9.59 Å². The Kier molecular flexibility index (Phi) is 4.47. The Morgan fingerprint density at radius 3 is 2.75 bits per heavy atom. The molecule has 2 fully saturated rings. The second-order valence-corrected chi connectivity index (χ2v) is 6.29. The molecule has 0 spiro atoms. The number of nitrogens with one attached hydrogen (secondary N) is 1. The molecule has 1 saturated heterocycles. The first-order valence-corrected chi connectivity index (χ1v) is 7.95. The molecule has 0 aromatic heterocycles. The summed E-state index contributed by atoms with van der Waals surface area (Å²) >= 11 is 0. The normalized spacial score (nSPS) is 25.7. The molecule has 1 aromatic rings. The van der Waals surface area contributed by atoms with Crippen molar-refractivity contribution in [3.63, 3.8) is 0 Å². The smallest absolute Gasteiger partial charge is 0.312 e. The standard InChI is InChI=1S/C17H17F2N3O2/c18-11-3-4-14(19)13(8-11)15-2-1-5-22(15)17(24)16(23)21-12-6-10(7-12)9-20/h3-4,8,10,12,15H,1-2,5-7H2,(H,21,23). The van der Waals surface area contributed by atoms with Gasteiger partial charge in [-0.1, -0.05) is 0 Å². The van der Waals surface area contributed by atoms with Crippen molar-refractivity contribution in [2.45, 2.75) is 37.8 Å². The van der Waals surface area contributed by atoms with E-state index in [1.807, 2.05) is 0 Å². The molecule has 1 aromatic carbocycles. The van der Waals surface area contributed by atoms with E-state index in [4.69, 9.17) is 5.26 Å². The van der Waals surface area contributed by atoms with Gasteiger partial charge in [0.1, 0.15) is 11.6 Å². The second kappa shape index (κ2) is 6.56. The third-order valence-electron chi connectivity index (χ3n) is 4.68. The Balaban J connectivity index is 1.68. The van der Waals surface area contributed by atoms with E-state index in [0.717, 1.165) is 18.2 Å². The van der Waals surface area contributed by atoms with Crippen LogP contribution in [-0.2, 0) is 9.59 Å². The lowest BCUT2D eigenvalue weighted by Gasteiger charge is -2.32. The largest absolute Gasteiger partial charge is 0.345 e. The van der Waals surface area contributed by atoms with Crippen LogP contribution in [0.15, 0.2) is 18.2 Å². The van der Waals surface area contributed by atoms with Crippen LogP contribution in [0, 0.1) is 28.9 Å². The first-order chi connectivity index (χ1) is 11.5. The maximum absolute atomic E-state index is 14.0. The monoisotopic (exact) mass is 333 g/mol. The van der Waals surface area contributed by atoms with Gasteiger partial charge in [0.2, 0.25) is 0 Å². The highest BCUT2D eigenvalue weighted by atomic mass is 19.1. The van der Waals surface area contributed by atoms with Crippen molar-refractivity contribution < 1.29 is 18.4 Å². The summed E-state index contributed by atoms with van der Waals surface area (Å²) in [4.78, 5) is 25.8. The number of hydrogen-bond acceptors (Lipinski definition) is 3. The van der Waals surface area contributed by atoms with Gasteiger partial charge in [0.05, 0.1) is 18.0 Å². The molecule has 1 heterocycles. The fraction of sp³-hybridized carbons (Fsp3) is 0.471. The zero-order valence-electron chi connectivity index (χ0n) is 13.0. The fourth-order valence-corrected chi connectivity index (χ4v) is 3.32. The fourth-order valence-electron chi connectivity index (χ4n) is 3.32. The molecule has 1 unspecified atom stereocenters. The van der Waals surface area contributed by atoms with E-state index in [2.05, 4.69) is 11.4 Å². The Morgan fingerprint density at radius 2 is 2.04 bits per heavy atom. The third-order valence-corrected chi connectivity index (χ3v) is 4.68. The van der Waals surface area contributed by atoms with Crippen molar-refractivity contribution in [2.75, 3.05) is 6.54 Å². The van der Waals surface area contributed by atoms with Gasteiger partial charge in [0.25, 0.3) is 0 Å². The van der Waals surface area contributed by atoms with Gasteiger partial charge in [-0.2, -0.15) is 5.26 Å². The van der Waals surface area contributed by atoms with Crippen LogP contribution in [0.5, 0.6) is 0 Å². The van der Waals surface area contributed by atoms with Crippen molar-refractivity contribution in [1.29, 1.82) is 5.26 Å². The predicted molar refractivity (Wildman–Crippen MR) is 80.3 cm³/mol. The highest BCUT2D eigenvalue weighted by molar-refractivity contribution is 6.35. The van der Waals surface area contributed by atoms with Crippen LogP contribution < -0.4 is 5.32 Å². The van der Waals surface area contributed by atoms with Crippen LogP contribution >= 0.6 is 0 Å². The zero-order valence-corrected chi connectivity index (χ0v) is 13.0. The van der Waals surface area contributed by atoms with Crippen LogP contribution in [0.3, 0.4) is 0 Å². The summed E-state index contributed by atoms with van der Waals surface area (Å²) in [5, 5.41) is 11.3. The van der Waals surface area contributed by atoms with E-state index >= 15 is 0 Å². The summed E-state index contributed by atoms with van der Waals surface area (Å²) in [6.07, 6.45) is 2.19. The molecule has 1 saturated carbocycles. The lowest BCUT2D eigenvalue weighted by atomic mass is 9.81. The molecule has 1 atom stereocenters. The lowest BCUT2D eigenvalue weighted by molar-refractivity contribution is -0.147. The maximum Gasteiger partial charge on any atom is 0.312 e. The highest BCUT2D eigenvalue weighted by Gasteiger charge is 2.37. The molecule has 2 aliphatic rings. The highest BCUT2D eigenvalue weighted by Crippen LogP contribution is 2.34. The van der Waals surface area contributed by atoms with Crippen LogP contribution in [0.1, 0.15) is 37.3 Å². The van der Waals surface area contributed by atoms with Crippen molar-refractivity contribution in [3.05, 3.63) is 35.4 Å². The SMILES string of the molecule is N#CC1CC(NC(=O)C(=O)N2CCCC2c2cc(F)ccc2F)C1. The molecule has 2 amide bonds. The summed E-state index contributed by atoms with van der Waals surface area (Å²) in [5.41, 5.74) is 0.0989. The van der Waals surface area contributed by atoms with Gasteiger partial charge in [-0.05, 0) is 43.9 Å². The van der Waals surface area contributed by atoms with Crippen molar-refractivity contribution in [1.82, 2.24) is 10.2 Å². The molecule has 3 rings (SSSR count). The third kappa shape index (κ3) is 3.09. The van der Waals surface area contributed by atoms with E-state index in [1.165, 1.54) is 4.90 Å². The molecular weight excluding hydrogens is 316 g/mol. The molecule has 24 heavy (non-hydrogen) atoms. The van der Waals surface area contributed by atoms with E-state index < -0.39 is 29.5 Å². The topological polar surface area (TPSA) is 73.2 Å². The molecule has 1 aliphatic heterocycles. The number of likely N-dealkylation sites (tertiary alicyclic amines) is 1. The number of nitriles is 1. The Hall–Kier alpha value is -2.49. The van der Waals surface area contributed by atoms with E-state index in [1.54, 1.807) is 0 Å². The second-order valence-electron chi connectivity index (χ2n) is 6.29. The number of halogens is 2. The minimum Gasteiger partial charge on any atom is -0.345 e. The van der Waals surface area contributed by atoms with Crippen molar-refractivity contribution >= 4 is 11.8 Å². The number of amides is 2. The van der Waals surface area contributed by atoms with Gasteiger partial charge in [-0.15, -0.1) is 0 Å². The summed E-state index contributed by atoms with van der Waals surface area (Å²) < 4.78 is 27.4. The zero-order chi connectivity index (χ0) is 17.3. The molecule has 1 N–H and O–H groups in total. The number of carbonyl (C=O) groups is 2. The molecule has 7 heteroatoms. The number of hydrogen-bond donors (Lipinski definition) is 1. The van der Waals surface area contributed by atoms with E-state index in [9.17, 15) is 18.4 Å². The van der Waals surface area contributed by atoms with Crippen LogP contribution in [0.2, 0.25) is 0 Å². The number of carbonyl (C=O) groups excluding carboxylic acids is 2. The average molecular weight is 333 g/mol. The summed E-state index contributed by atoms with van der Waals surface area (Å²) in [7, 11) is 0. The average Bonchev–Trinajstić information content (AvgIpc) is 3.01. The Bertz CT molecular complexity index is 710. The van der Waals surface area contributed by atoms with E-state index in [-0.39, 0.29) is 17.5 Å². The number of benzene rings is 1. The Labute approximate surface area is 138 Å². The quantitative estimate of drug-likeness (QED) is 0.842. The van der Waals surface area contributed by atoms with Crippen molar-refractivity contribution in [3.8, 4) is 6.07 Å². The maximum atomic E-state index is 14.0. The minimum atomic E-state index is -0.750. The summed E-state index contributed by atoms with van der Waals surface area (Å²) in [5.74, 6) is -2.72. The molecule has 1 aliphatic carbocycles. The van der Waals surface area contributed by atoms with Crippen LogP contribution in [0.25, 0.3) is 0 Å². The summed E-state index contributed by atoms with van der Waals surface area (Å²) in [6, 6.07) is 4.43. The number of nitrogens with zero attached hydrogens (tertiary/aromatic N) is 2. The van der Waals surface area contributed by atoms with E-state index in [0.29, 0.717) is 32.2 Å². The molecule has 126 valence electrons. The van der Waals surface area contributed by atoms with Crippen molar-refractivity contribution in [2.24, 2.45) is 5.92 Å². The summed E-state index contributed by atoms with van der Waals surface area (Å²) in [6.45, 7) is 0.332. The van der Waals surface area contributed by atoms with Gasteiger partial charge < -0.3 is 10.2 Å². The minimum absolute atomic E-state index is 0.0775. The van der Waals surface area contributed by atoms with Gasteiger partial charge in [-0.25, -0.2) is 8.78 Å². The molecule has 5 nitrogen and oxygen atoms in total. The van der Waals surface area contributed by atoms with Crippen LogP contribution in [-0.4, -0.2) is 29.3 Å². The Morgan fingerprint density at radius 1 is 1.29 bits per heavy atom. The first-order valence-electron chi connectivity index (χ1n) is 7.95. The predicted octanol–water partition coefficient (Wildman–Crippen LogP) is 2.05. The van der Waals surface area contributed by atoms with Gasteiger partial charge in [0, 0.05) is 18.2 Å². The molecule has 0 bridgehead atoms.